The molecule has 0 aliphatic carbocycles. The van der Waals surface area contributed by atoms with E-state index in [1.807, 2.05) is 4.90 Å². The topological polar surface area (TPSA) is 61.4 Å². The van der Waals surface area contributed by atoms with E-state index in [-0.39, 0.29) is 5.91 Å². The summed E-state index contributed by atoms with van der Waals surface area (Å²) in [7, 11) is 2.09. The maximum Gasteiger partial charge on any atom is 0.233 e. The number of aromatic nitrogens is 2. The first-order valence-electron chi connectivity index (χ1n) is 7.21. The average Bonchev–Trinajstić information content (AvgIpc) is 2.91. The van der Waals surface area contributed by atoms with Crippen LogP contribution >= 0.6 is 23.1 Å². The molecule has 0 aromatic carbocycles. The summed E-state index contributed by atoms with van der Waals surface area (Å²) in [6.45, 7) is 8.76. The highest BCUT2D eigenvalue weighted by Gasteiger charge is 2.19. The zero-order valence-electron chi connectivity index (χ0n) is 12.8. The second kappa shape index (κ2) is 7.95. The minimum atomic E-state index is 0.194. The van der Waals surface area contributed by atoms with E-state index in [1.165, 1.54) is 23.1 Å². The summed E-state index contributed by atoms with van der Waals surface area (Å²) in [5.41, 5.74) is 0. The molecular weight excluding hydrogens is 306 g/mol. The highest BCUT2D eigenvalue weighted by molar-refractivity contribution is 8.01. The Balaban J connectivity index is 1.73. The highest BCUT2D eigenvalue weighted by atomic mass is 32.2. The van der Waals surface area contributed by atoms with Gasteiger partial charge in [-0.25, -0.2) is 0 Å². The Morgan fingerprint density at radius 3 is 2.71 bits per heavy atom. The molecule has 1 fully saturated rings. The Bertz CT molecular complexity index is 457. The van der Waals surface area contributed by atoms with Gasteiger partial charge in [-0.15, -0.1) is 10.2 Å². The van der Waals surface area contributed by atoms with Crippen LogP contribution in [0.1, 0.15) is 13.8 Å². The predicted molar refractivity (Wildman–Crippen MR) is 88.0 cm³/mol. The molecule has 0 saturated carbocycles. The van der Waals surface area contributed by atoms with E-state index in [0.29, 0.717) is 11.7 Å². The molecule has 2 heterocycles. The number of nitrogens with one attached hydrogen (secondary N) is 1. The summed E-state index contributed by atoms with van der Waals surface area (Å²) in [6, 6.07) is 0. The van der Waals surface area contributed by atoms with Gasteiger partial charge in [0.15, 0.2) is 4.34 Å². The van der Waals surface area contributed by atoms with Crippen LogP contribution in [0.3, 0.4) is 0 Å². The minimum absolute atomic E-state index is 0.194. The molecule has 0 unspecified atom stereocenters. The van der Waals surface area contributed by atoms with Gasteiger partial charge in [-0.2, -0.15) is 0 Å². The molecule has 6 nitrogen and oxygen atoms in total. The van der Waals surface area contributed by atoms with Gasteiger partial charge in [0.25, 0.3) is 0 Å². The number of hydrogen-bond donors (Lipinski definition) is 1. The maximum atomic E-state index is 12.1. The second-order valence-electron chi connectivity index (χ2n) is 5.62. The standard InChI is InChI=1S/C13H23N5OS2/c1-10(2)8-14-12-15-16-13(21-12)20-9-11(19)18-6-4-17(3)5-7-18/h10H,4-9H2,1-3H3,(H,14,15). The van der Waals surface area contributed by atoms with E-state index < -0.39 is 0 Å². The minimum Gasteiger partial charge on any atom is -0.360 e. The van der Waals surface area contributed by atoms with Crippen LogP contribution in [0.5, 0.6) is 0 Å². The van der Waals surface area contributed by atoms with Crippen LogP contribution in [0.2, 0.25) is 0 Å². The zero-order valence-corrected chi connectivity index (χ0v) is 14.5. The van der Waals surface area contributed by atoms with E-state index in [9.17, 15) is 4.79 Å². The maximum absolute atomic E-state index is 12.1. The van der Waals surface area contributed by atoms with Crippen LogP contribution in [-0.2, 0) is 4.79 Å². The molecule has 1 aromatic rings. The number of nitrogens with zero attached hydrogens (tertiary/aromatic N) is 4. The van der Waals surface area contributed by atoms with Crippen LogP contribution in [0.4, 0.5) is 5.13 Å². The number of thioether (sulfide) groups is 1. The lowest BCUT2D eigenvalue weighted by atomic mass is 10.2. The number of hydrogen-bond acceptors (Lipinski definition) is 7. The number of piperazine rings is 1. The third-order valence-electron chi connectivity index (χ3n) is 3.24. The van der Waals surface area contributed by atoms with E-state index in [0.717, 1.165) is 42.2 Å². The number of likely N-dealkylation sites (N-methyl/N-ethyl adjacent to an activating group) is 1. The fourth-order valence-corrected chi connectivity index (χ4v) is 3.56. The summed E-state index contributed by atoms with van der Waals surface area (Å²) in [4.78, 5) is 16.3. The highest BCUT2D eigenvalue weighted by Crippen LogP contribution is 2.25. The van der Waals surface area contributed by atoms with Gasteiger partial charge in [0.1, 0.15) is 0 Å². The summed E-state index contributed by atoms with van der Waals surface area (Å²) in [5.74, 6) is 1.21. The van der Waals surface area contributed by atoms with E-state index in [2.05, 4.69) is 41.3 Å². The van der Waals surface area contributed by atoms with Crippen molar-refractivity contribution in [2.75, 3.05) is 50.8 Å². The largest absolute Gasteiger partial charge is 0.360 e. The molecular formula is C13H23N5OS2. The van der Waals surface area contributed by atoms with Gasteiger partial charge in [0.05, 0.1) is 5.75 Å². The zero-order chi connectivity index (χ0) is 15.2. The predicted octanol–water partition coefficient (Wildman–Crippen LogP) is 1.47. The Labute approximate surface area is 134 Å². The second-order valence-corrected chi connectivity index (χ2v) is 7.82. The molecule has 0 radical (unpaired) electrons. The van der Waals surface area contributed by atoms with Gasteiger partial charge < -0.3 is 15.1 Å². The molecule has 1 aliphatic rings. The van der Waals surface area contributed by atoms with E-state index in [1.54, 1.807) is 0 Å². The summed E-state index contributed by atoms with van der Waals surface area (Å²) >= 11 is 2.99. The molecule has 0 bridgehead atoms. The van der Waals surface area contributed by atoms with Crippen molar-refractivity contribution in [3.63, 3.8) is 0 Å². The molecule has 1 saturated heterocycles. The number of rotatable bonds is 6. The van der Waals surface area contributed by atoms with Crippen molar-refractivity contribution in [1.29, 1.82) is 0 Å². The molecule has 1 aromatic heterocycles. The first kappa shape index (κ1) is 16.5. The molecule has 1 N–H and O–H groups in total. The monoisotopic (exact) mass is 329 g/mol. The van der Waals surface area contributed by atoms with Gasteiger partial charge in [0, 0.05) is 32.7 Å². The van der Waals surface area contributed by atoms with Crippen molar-refractivity contribution in [2.45, 2.75) is 18.2 Å². The molecule has 8 heteroatoms. The molecule has 1 amide bonds. The quantitative estimate of drug-likeness (QED) is 0.798. The summed E-state index contributed by atoms with van der Waals surface area (Å²) in [6.07, 6.45) is 0. The van der Waals surface area contributed by atoms with Crippen molar-refractivity contribution in [2.24, 2.45) is 5.92 Å². The molecule has 2 rings (SSSR count). The molecule has 0 atom stereocenters. The van der Waals surface area contributed by atoms with Gasteiger partial charge in [-0.3, -0.25) is 4.79 Å². The summed E-state index contributed by atoms with van der Waals surface area (Å²) in [5, 5.41) is 12.3. The van der Waals surface area contributed by atoms with Gasteiger partial charge in [-0.05, 0) is 13.0 Å². The van der Waals surface area contributed by atoms with Crippen LogP contribution in [-0.4, -0.2) is 71.4 Å². The Kier molecular flexibility index (Phi) is 6.25. The van der Waals surface area contributed by atoms with Crippen LogP contribution in [0.25, 0.3) is 0 Å². The van der Waals surface area contributed by atoms with Crippen LogP contribution in [0, 0.1) is 5.92 Å². The fourth-order valence-electron chi connectivity index (χ4n) is 1.90. The normalized spacial score (nSPS) is 16.5. The van der Waals surface area contributed by atoms with E-state index in [4.69, 9.17) is 0 Å². The lowest BCUT2D eigenvalue weighted by molar-refractivity contribution is -0.129. The average molecular weight is 329 g/mol. The van der Waals surface area contributed by atoms with E-state index >= 15 is 0 Å². The smallest absolute Gasteiger partial charge is 0.233 e. The Morgan fingerprint density at radius 2 is 2.05 bits per heavy atom. The summed E-state index contributed by atoms with van der Waals surface area (Å²) < 4.78 is 0.851. The Morgan fingerprint density at radius 1 is 1.33 bits per heavy atom. The number of carbonyl (C=O) groups is 1. The Hall–Kier alpha value is -0.860. The van der Waals surface area contributed by atoms with Crippen LogP contribution in [0.15, 0.2) is 4.34 Å². The van der Waals surface area contributed by atoms with Gasteiger partial charge in [0.2, 0.25) is 11.0 Å². The van der Waals surface area contributed by atoms with Crippen molar-refractivity contribution >= 4 is 34.1 Å². The SMILES string of the molecule is CC(C)CNc1nnc(SCC(=O)N2CCN(C)CC2)s1. The van der Waals surface area contributed by atoms with Crippen LogP contribution < -0.4 is 5.32 Å². The molecule has 0 spiro atoms. The first-order chi connectivity index (χ1) is 10.0. The van der Waals surface area contributed by atoms with Gasteiger partial charge in [-0.1, -0.05) is 36.9 Å². The van der Waals surface area contributed by atoms with Crippen molar-refractivity contribution < 1.29 is 4.79 Å². The van der Waals surface area contributed by atoms with Crippen molar-refractivity contribution in [1.82, 2.24) is 20.0 Å². The third-order valence-corrected chi connectivity index (χ3v) is 5.24. The molecule has 21 heavy (non-hydrogen) atoms. The fraction of sp³-hybridized carbons (Fsp3) is 0.769. The molecule has 1 aliphatic heterocycles. The lowest BCUT2D eigenvalue weighted by Gasteiger charge is -2.32. The number of amides is 1. The lowest BCUT2D eigenvalue weighted by Crippen LogP contribution is -2.47. The van der Waals surface area contributed by atoms with Crippen molar-refractivity contribution in [3.8, 4) is 0 Å². The molecule has 118 valence electrons. The van der Waals surface area contributed by atoms with Crippen molar-refractivity contribution in [3.05, 3.63) is 0 Å². The number of carbonyl (C=O) groups excluding carboxylic acids is 1. The van der Waals surface area contributed by atoms with Gasteiger partial charge >= 0.3 is 0 Å². The number of anilines is 1. The first-order valence-corrected chi connectivity index (χ1v) is 9.01. The third kappa shape index (κ3) is 5.44.